The van der Waals surface area contributed by atoms with Crippen molar-refractivity contribution in [2.45, 2.75) is 31.8 Å². The van der Waals surface area contributed by atoms with Gasteiger partial charge < -0.3 is 5.32 Å². The van der Waals surface area contributed by atoms with Gasteiger partial charge in [0.2, 0.25) is 0 Å². The Balaban J connectivity index is 1.76. The normalized spacial score (nSPS) is 20.8. The van der Waals surface area contributed by atoms with Crippen LogP contribution in [-0.2, 0) is 0 Å². The molecule has 0 bridgehead atoms. The van der Waals surface area contributed by atoms with E-state index in [0.717, 1.165) is 12.2 Å². The summed E-state index contributed by atoms with van der Waals surface area (Å²) in [6, 6.07) is 11.4. The van der Waals surface area contributed by atoms with Gasteiger partial charge in [-0.1, -0.05) is 18.2 Å². The number of aromatic nitrogens is 2. The third kappa shape index (κ3) is 3.01. The maximum atomic E-state index is 4.52. The van der Waals surface area contributed by atoms with Gasteiger partial charge in [0, 0.05) is 30.4 Å². The van der Waals surface area contributed by atoms with Crippen LogP contribution < -0.4 is 5.32 Å². The quantitative estimate of drug-likeness (QED) is 0.916. The van der Waals surface area contributed by atoms with E-state index < -0.39 is 0 Å². The zero-order chi connectivity index (χ0) is 14.7. The molecule has 2 aromatic rings. The number of para-hydroxylation sites is 1. The second kappa shape index (κ2) is 6.41. The van der Waals surface area contributed by atoms with Crippen LogP contribution in [-0.4, -0.2) is 40.9 Å². The smallest absolute Gasteiger partial charge is 0.0645 e. The number of hydrogen-bond donors (Lipinski definition) is 1. The molecule has 112 valence electrons. The number of nitrogens with one attached hydrogen (secondary N) is 1. The van der Waals surface area contributed by atoms with Crippen LogP contribution in [0.3, 0.4) is 0 Å². The van der Waals surface area contributed by atoms with Crippen molar-refractivity contribution in [1.29, 1.82) is 0 Å². The molecule has 4 nitrogen and oxygen atoms in total. The number of likely N-dealkylation sites (N-methyl/N-ethyl adjacent to an activating group) is 1. The van der Waals surface area contributed by atoms with E-state index >= 15 is 0 Å². The minimum Gasteiger partial charge on any atom is -0.318 e. The fourth-order valence-electron chi connectivity index (χ4n) is 3.29. The molecule has 2 unspecified atom stereocenters. The molecule has 0 spiro atoms. The van der Waals surface area contributed by atoms with Crippen LogP contribution >= 0.6 is 0 Å². The van der Waals surface area contributed by atoms with E-state index in [1.807, 2.05) is 36.1 Å². The number of likely N-dealkylation sites (tertiary alicyclic amines) is 1. The molecule has 1 aliphatic heterocycles. The summed E-state index contributed by atoms with van der Waals surface area (Å²) >= 11 is 0. The van der Waals surface area contributed by atoms with Crippen molar-refractivity contribution in [1.82, 2.24) is 20.0 Å². The van der Waals surface area contributed by atoms with E-state index in [-0.39, 0.29) is 0 Å². The maximum absolute atomic E-state index is 4.52. The maximum Gasteiger partial charge on any atom is 0.0645 e. The van der Waals surface area contributed by atoms with Gasteiger partial charge >= 0.3 is 0 Å². The van der Waals surface area contributed by atoms with Gasteiger partial charge in [-0.2, -0.15) is 5.10 Å². The molecule has 0 radical (unpaired) electrons. The van der Waals surface area contributed by atoms with Crippen LogP contribution in [0.1, 0.15) is 31.4 Å². The molecule has 1 aliphatic rings. The lowest BCUT2D eigenvalue weighted by Gasteiger charge is -2.30. The van der Waals surface area contributed by atoms with Gasteiger partial charge in [0.15, 0.2) is 0 Å². The second-order valence-corrected chi connectivity index (χ2v) is 5.82. The summed E-state index contributed by atoms with van der Waals surface area (Å²) in [6.45, 7) is 4.54. The van der Waals surface area contributed by atoms with Crippen molar-refractivity contribution in [2.75, 3.05) is 20.1 Å². The van der Waals surface area contributed by atoms with Gasteiger partial charge in [0.05, 0.1) is 11.9 Å². The largest absolute Gasteiger partial charge is 0.318 e. The van der Waals surface area contributed by atoms with Crippen molar-refractivity contribution in [2.24, 2.45) is 0 Å². The van der Waals surface area contributed by atoms with Gasteiger partial charge in [-0.05, 0) is 45.5 Å². The van der Waals surface area contributed by atoms with E-state index in [1.54, 1.807) is 0 Å². The first-order valence-corrected chi connectivity index (χ1v) is 7.80. The SMILES string of the molecule is CNCC1CCCN1C(C)c1cnn(-c2ccccc2)c1. The molecule has 1 fully saturated rings. The first-order valence-electron chi connectivity index (χ1n) is 7.80. The molecule has 2 atom stereocenters. The van der Waals surface area contributed by atoms with Crippen molar-refractivity contribution in [3.63, 3.8) is 0 Å². The fourth-order valence-corrected chi connectivity index (χ4v) is 3.29. The second-order valence-electron chi connectivity index (χ2n) is 5.82. The Hall–Kier alpha value is -1.65. The molecule has 2 heterocycles. The van der Waals surface area contributed by atoms with Gasteiger partial charge in [-0.25, -0.2) is 4.68 Å². The number of nitrogens with zero attached hydrogens (tertiary/aromatic N) is 3. The Labute approximate surface area is 126 Å². The molecule has 0 saturated carbocycles. The van der Waals surface area contributed by atoms with Crippen molar-refractivity contribution in [3.05, 3.63) is 48.3 Å². The zero-order valence-electron chi connectivity index (χ0n) is 12.9. The van der Waals surface area contributed by atoms with Gasteiger partial charge in [-0.15, -0.1) is 0 Å². The average molecular weight is 284 g/mol. The van der Waals surface area contributed by atoms with Crippen LogP contribution in [0.2, 0.25) is 0 Å². The molecular weight excluding hydrogens is 260 g/mol. The lowest BCUT2D eigenvalue weighted by molar-refractivity contribution is 0.191. The third-order valence-electron chi connectivity index (χ3n) is 4.47. The van der Waals surface area contributed by atoms with E-state index in [2.05, 4.69) is 40.6 Å². The highest BCUT2D eigenvalue weighted by Crippen LogP contribution is 2.29. The van der Waals surface area contributed by atoms with E-state index in [9.17, 15) is 0 Å². The highest BCUT2D eigenvalue weighted by Gasteiger charge is 2.29. The molecule has 0 amide bonds. The monoisotopic (exact) mass is 284 g/mol. The lowest BCUT2D eigenvalue weighted by atomic mass is 10.1. The number of hydrogen-bond acceptors (Lipinski definition) is 3. The Morgan fingerprint density at radius 1 is 1.33 bits per heavy atom. The van der Waals surface area contributed by atoms with Crippen LogP contribution in [0.4, 0.5) is 0 Å². The van der Waals surface area contributed by atoms with Gasteiger partial charge in [-0.3, -0.25) is 4.90 Å². The molecule has 0 aliphatic carbocycles. The highest BCUT2D eigenvalue weighted by atomic mass is 15.3. The van der Waals surface area contributed by atoms with Crippen LogP contribution in [0, 0.1) is 0 Å². The summed E-state index contributed by atoms with van der Waals surface area (Å²) in [5.41, 5.74) is 2.41. The third-order valence-corrected chi connectivity index (χ3v) is 4.47. The minimum absolute atomic E-state index is 0.420. The summed E-state index contributed by atoms with van der Waals surface area (Å²) in [4.78, 5) is 2.60. The Kier molecular flexibility index (Phi) is 4.36. The van der Waals surface area contributed by atoms with Crippen molar-refractivity contribution < 1.29 is 0 Å². The van der Waals surface area contributed by atoms with Gasteiger partial charge in [0.25, 0.3) is 0 Å². The molecule has 1 aromatic heterocycles. The lowest BCUT2D eigenvalue weighted by Crippen LogP contribution is -2.38. The summed E-state index contributed by atoms with van der Waals surface area (Å²) in [5.74, 6) is 0. The van der Waals surface area contributed by atoms with E-state index in [1.165, 1.54) is 24.9 Å². The first kappa shape index (κ1) is 14.3. The van der Waals surface area contributed by atoms with Crippen molar-refractivity contribution >= 4 is 0 Å². The Bertz CT molecular complexity index is 563. The molecule has 1 saturated heterocycles. The first-order chi connectivity index (χ1) is 10.3. The summed E-state index contributed by atoms with van der Waals surface area (Å²) in [7, 11) is 2.04. The van der Waals surface area contributed by atoms with E-state index in [0.29, 0.717) is 12.1 Å². The van der Waals surface area contributed by atoms with Crippen molar-refractivity contribution in [3.8, 4) is 5.69 Å². The van der Waals surface area contributed by atoms with Crippen LogP contribution in [0.5, 0.6) is 0 Å². The van der Waals surface area contributed by atoms with Crippen LogP contribution in [0.15, 0.2) is 42.7 Å². The fraction of sp³-hybridized carbons (Fsp3) is 0.471. The molecule has 1 aromatic carbocycles. The number of benzene rings is 1. The van der Waals surface area contributed by atoms with Gasteiger partial charge in [0.1, 0.15) is 0 Å². The topological polar surface area (TPSA) is 33.1 Å². The minimum atomic E-state index is 0.420. The average Bonchev–Trinajstić information content (AvgIpc) is 3.17. The Morgan fingerprint density at radius 3 is 2.90 bits per heavy atom. The summed E-state index contributed by atoms with van der Waals surface area (Å²) in [6.07, 6.45) is 6.75. The summed E-state index contributed by atoms with van der Waals surface area (Å²) in [5, 5.41) is 7.84. The Morgan fingerprint density at radius 2 is 2.14 bits per heavy atom. The predicted molar refractivity (Wildman–Crippen MR) is 85.6 cm³/mol. The molecule has 4 heteroatoms. The highest BCUT2D eigenvalue weighted by molar-refractivity contribution is 5.31. The standard InChI is InChI=1S/C17H24N4/c1-14(20-10-6-9-17(20)12-18-2)15-11-19-21(13-15)16-7-4-3-5-8-16/h3-5,7-8,11,13-14,17-18H,6,9-10,12H2,1-2H3. The summed E-state index contributed by atoms with van der Waals surface area (Å²) < 4.78 is 1.97. The predicted octanol–water partition coefficient (Wildman–Crippen LogP) is 2.62. The molecule has 3 rings (SSSR count). The van der Waals surface area contributed by atoms with E-state index in [4.69, 9.17) is 0 Å². The molecule has 21 heavy (non-hydrogen) atoms. The zero-order valence-corrected chi connectivity index (χ0v) is 12.9. The molecular formula is C17H24N4. The van der Waals surface area contributed by atoms with Crippen LogP contribution in [0.25, 0.3) is 5.69 Å². The number of rotatable bonds is 5. The molecule has 1 N–H and O–H groups in total.